The monoisotopic (exact) mass is 337 g/mol. The van der Waals surface area contributed by atoms with Gasteiger partial charge in [0.1, 0.15) is 11.6 Å². The summed E-state index contributed by atoms with van der Waals surface area (Å²) in [5.74, 6) is -0.0312. The molecular weight excluding hydrogens is 324 g/mol. The van der Waals surface area contributed by atoms with Crippen LogP contribution in [-0.4, -0.2) is 6.04 Å². The number of benzene rings is 2. The first kappa shape index (κ1) is 13.6. The fraction of sp³-hybridized carbons (Fsp3) is 0.250. The number of halogens is 3. The molecule has 20 heavy (non-hydrogen) atoms. The van der Waals surface area contributed by atoms with Gasteiger partial charge < -0.3 is 5.32 Å². The van der Waals surface area contributed by atoms with E-state index in [4.69, 9.17) is 0 Å². The lowest BCUT2D eigenvalue weighted by Crippen LogP contribution is -2.34. The molecule has 0 saturated heterocycles. The van der Waals surface area contributed by atoms with Crippen LogP contribution in [0.25, 0.3) is 0 Å². The van der Waals surface area contributed by atoms with Crippen molar-refractivity contribution in [2.24, 2.45) is 0 Å². The Bertz CT molecular complexity index is 624. The maximum Gasteiger partial charge on any atom is 0.124 e. The van der Waals surface area contributed by atoms with E-state index in [1.807, 2.05) is 6.07 Å². The van der Waals surface area contributed by atoms with Crippen LogP contribution in [0.1, 0.15) is 24.3 Å². The largest absolute Gasteiger partial charge is 0.381 e. The summed E-state index contributed by atoms with van der Waals surface area (Å²) < 4.78 is 26.9. The minimum atomic E-state index is -0.256. The predicted octanol–water partition coefficient (Wildman–Crippen LogP) is 5.09. The summed E-state index contributed by atoms with van der Waals surface area (Å²) in [5, 5.41) is 3.38. The van der Waals surface area contributed by atoms with Gasteiger partial charge in [-0.25, -0.2) is 8.78 Å². The van der Waals surface area contributed by atoms with Gasteiger partial charge in [-0.15, -0.1) is 0 Å². The molecule has 0 amide bonds. The van der Waals surface area contributed by atoms with E-state index in [1.54, 1.807) is 18.2 Å². The van der Waals surface area contributed by atoms with Crippen LogP contribution in [-0.2, 0) is 0 Å². The quantitative estimate of drug-likeness (QED) is 0.822. The third-order valence-corrected chi connectivity index (χ3v) is 4.40. The van der Waals surface area contributed by atoms with Gasteiger partial charge in [-0.05, 0) is 70.6 Å². The summed E-state index contributed by atoms with van der Waals surface area (Å²) in [6.45, 7) is 0. The van der Waals surface area contributed by atoms with Crippen LogP contribution in [0.2, 0.25) is 0 Å². The van der Waals surface area contributed by atoms with Crippen LogP contribution in [0.5, 0.6) is 0 Å². The van der Waals surface area contributed by atoms with Gasteiger partial charge in [0.2, 0.25) is 0 Å². The van der Waals surface area contributed by atoms with Gasteiger partial charge in [-0.3, -0.25) is 0 Å². The Hall–Kier alpha value is -1.42. The number of hydrogen-bond donors (Lipinski definition) is 1. The lowest BCUT2D eigenvalue weighted by Gasteiger charge is -2.37. The molecule has 1 N–H and O–H groups in total. The van der Waals surface area contributed by atoms with Gasteiger partial charge >= 0.3 is 0 Å². The fourth-order valence-electron chi connectivity index (χ4n) is 2.59. The zero-order chi connectivity index (χ0) is 14.1. The highest BCUT2D eigenvalue weighted by Gasteiger charge is 2.30. The molecule has 2 aromatic carbocycles. The van der Waals surface area contributed by atoms with E-state index in [1.165, 1.54) is 18.2 Å². The molecule has 1 fully saturated rings. The second kappa shape index (κ2) is 5.52. The average molecular weight is 338 g/mol. The normalized spacial score (nSPS) is 21.4. The van der Waals surface area contributed by atoms with Gasteiger partial charge in [0.15, 0.2) is 0 Å². The van der Waals surface area contributed by atoms with Crippen LogP contribution in [0.15, 0.2) is 46.9 Å². The number of hydrogen-bond acceptors (Lipinski definition) is 1. The van der Waals surface area contributed by atoms with Crippen molar-refractivity contribution in [1.29, 1.82) is 0 Å². The van der Waals surface area contributed by atoms with Crippen molar-refractivity contribution in [1.82, 2.24) is 0 Å². The highest BCUT2D eigenvalue weighted by molar-refractivity contribution is 9.10. The predicted molar refractivity (Wildman–Crippen MR) is 79.9 cm³/mol. The summed E-state index contributed by atoms with van der Waals surface area (Å²) in [7, 11) is 0. The number of nitrogens with one attached hydrogen (secondary N) is 1. The molecule has 1 saturated carbocycles. The van der Waals surface area contributed by atoms with Crippen molar-refractivity contribution in [3.63, 3.8) is 0 Å². The Morgan fingerprint density at radius 2 is 1.75 bits per heavy atom. The smallest absolute Gasteiger partial charge is 0.124 e. The highest BCUT2D eigenvalue weighted by atomic mass is 79.9. The first-order valence-corrected chi connectivity index (χ1v) is 7.38. The van der Waals surface area contributed by atoms with Gasteiger partial charge in [0, 0.05) is 16.2 Å². The van der Waals surface area contributed by atoms with Crippen LogP contribution >= 0.6 is 15.9 Å². The lowest BCUT2D eigenvalue weighted by atomic mass is 9.76. The zero-order valence-corrected chi connectivity index (χ0v) is 12.3. The molecule has 4 heteroatoms. The van der Waals surface area contributed by atoms with Crippen molar-refractivity contribution in [2.75, 3.05) is 5.32 Å². The molecule has 0 spiro atoms. The van der Waals surface area contributed by atoms with Gasteiger partial charge in [-0.2, -0.15) is 0 Å². The molecular formula is C16H14BrF2N. The summed E-state index contributed by atoms with van der Waals surface area (Å²) >= 11 is 3.35. The van der Waals surface area contributed by atoms with E-state index in [-0.39, 0.29) is 11.6 Å². The Morgan fingerprint density at radius 1 is 1.00 bits per heavy atom. The fourth-order valence-corrected chi connectivity index (χ4v) is 3.06. The maximum absolute atomic E-state index is 13.2. The van der Waals surface area contributed by atoms with Gasteiger partial charge in [0.05, 0.1) is 0 Å². The highest BCUT2D eigenvalue weighted by Crippen LogP contribution is 2.39. The van der Waals surface area contributed by atoms with E-state index in [2.05, 4.69) is 21.2 Å². The molecule has 3 rings (SSSR count). The zero-order valence-electron chi connectivity index (χ0n) is 10.7. The first-order valence-electron chi connectivity index (χ1n) is 6.59. The standard InChI is InChI=1S/C16H14BrF2N/c17-15-9-13(19)4-5-16(15)20-14-7-11(8-14)10-2-1-3-12(18)6-10/h1-6,9,11,14,20H,7-8H2. The van der Waals surface area contributed by atoms with E-state index < -0.39 is 0 Å². The van der Waals surface area contributed by atoms with Crippen molar-refractivity contribution in [3.8, 4) is 0 Å². The summed E-state index contributed by atoms with van der Waals surface area (Å²) in [6, 6.07) is 11.8. The summed E-state index contributed by atoms with van der Waals surface area (Å²) in [6.07, 6.45) is 1.93. The molecule has 1 nitrogen and oxygen atoms in total. The third kappa shape index (κ3) is 2.85. The molecule has 0 bridgehead atoms. The van der Waals surface area contributed by atoms with Crippen LogP contribution in [0, 0.1) is 11.6 Å². The van der Waals surface area contributed by atoms with Crippen LogP contribution in [0.4, 0.5) is 14.5 Å². The SMILES string of the molecule is Fc1cccc(C2CC(Nc3ccc(F)cc3Br)C2)c1. The molecule has 1 aliphatic carbocycles. The van der Waals surface area contributed by atoms with Crippen molar-refractivity contribution in [3.05, 3.63) is 64.1 Å². The van der Waals surface area contributed by atoms with E-state index >= 15 is 0 Å². The second-order valence-electron chi connectivity index (χ2n) is 5.19. The minimum absolute atomic E-state index is 0.180. The van der Waals surface area contributed by atoms with E-state index in [0.29, 0.717) is 12.0 Å². The molecule has 104 valence electrons. The molecule has 0 aliphatic heterocycles. The van der Waals surface area contributed by atoms with Crippen molar-refractivity contribution < 1.29 is 8.78 Å². The number of rotatable bonds is 3. The molecule has 0 aromatic heterocycles. The summed E-state index contributed by atoms with van der Waals surface area (Å²) in [5.41, 5.74) is 1.95. The third-order valence-electron chi connectivity index (χ3n) is 3.75. The first-order chi connectivity index (χ1) is 9.61. The topological polar surface area (TPSA) is 12.0 Å². The Morgan fingerprint density at radius 3 is 2.45 bits per heavy atom. The molecule has 0 atom stereocenters. The maximum atomic E-state index is 13.2. The van der Waals surface area contributed by atoms with E-state index in [0.717, 1.165) is 28.6 Å². The Labute approximate surface area is 125 Å². The van der Waals surface area contributed by atoms with Crippen LogP contribution < -0.4 is 5.32 Å². The molecule has 0 radical (unpaired) electrons. The van der Waals surface area contributed by atoms with Gasteiger partial charge in [0.25, 0.3) is 0 Å². The van der Waals surface area contributed by atoms with Gasteiger partial charge in [-0.1, -0.05) is 12.1 Å². The Balaban J connectivity index is 1.61. The Kier molecular flexibility index (Phi) is 3.74. The number of anilines is 1. The molecule has 2 aromatic rings. The van der Waals surface area contributed by atoms with Crippen molar-refractivity contribution in [2.45, 2.75) is 24.8 Å². The lowest BCUT2D eigenvalue weighted by molar-refractivity contribution is 0.373. The van der Waals surface area contributed by atoms with E-state index in [9.17, 15) is 8.78 Å². The van der Waals surface area contributed by atoms with Crippen molar-refractivity contribution >= 4 is 21.6 Å². The molecule has 0 heterocycles. The molecule has 0 unspecified atom stereocenters. The van der Waals surface area contributed by atoms with Crippen LogP contribution in [0.3, 0.4) is 0 Å². The summed E-state index contributed by atoms with van der Waals surface area (Å²) in [4.78, 5) is 0. The minimum Gasteiger partial charge on any atom is -0.381 e. The average Bonchev–Trinajstić information content (AvgIpc) is 2.35. The second-order valence-corrected chi connectivity index (χ2v) is 6.04. The molecule has 1 aliphatic rings.